The van der Waals surface area contributed by atoms with Gasteiger partial charge in [0.15, 0.2) is 0 Å². The molecule has 3 aromatic rings. The minimum absolute atomic E-state index is 0.0953. The van der Waals surface area contributed by atoms with Gasteiger partial charge >= 0.3 is 0 Å². The van der Waals surface area contributed by atoms with E-state index in [-0.39, 0.29) is 6.04 Å². The molecule has 0 radical (unpaired) electrons. The maximum Gasteiger partial charge on any atom is 0.240 e. The molecule has 1 aromatic heterocycles. The molecular formula is C19H20ClN3O. The predicted octanol–water partition coefficient (Wildman–Crippen LogP) is 4.80. The zero-order valence-corrected chi connectivity index (χ0v) is 14.5. The van der Waals surface area contributed by atoms with Crippen LogP contribution in [0.2, 0.25) is 5.02 Å². The van der Waals surface area contributed by atoms with E-state index in [1.54, 1.807) is 0 Å². The molecule has 1 N–H and O–H groups in total. The van der Waals surface area contributed by atoms with Crippen molar-refractivity contribution in [2.75, 3.05) is 0 Å². The standard InChI is InChI=1S/C19H20ClN3O/c1-3-14-8-10-15(11-9-14)19-22-18(24-23-19)12-21-13(2)16-6-4-5-7-17(16)20/h4-11,13,21H,3,12H2,1-2H3. The first-order valence-corrected chi connectivity index (χ1v) is 8.45. The van der Waals surface area contributed by atoms with Crippen molar-refractivity contribution >= 4 is 11.6 Å². The fourth-order valence-corrected chi connectivity index (χ4v) is 2.81. The van der Waals surface area contributed by atoms with Gasteiger partial charge < -0.3 is 9.84 Å². The molecule has 3 rings (SSSR count). The maximum atomic E-state index is 6.22. The van der Waals surface area contributed by atoms with Gasteiger partial charge in [-0.25, -0.2) is 0 Å². The second-order valence-corrected chi connectivity index (χ2v) is 6.09. The molecule has 24 heavy (non-hydrogen) atoms. The minimum atomic E-state index is 0.0953. The summed E-state index contributed by atoms with van der Waals surface area (Å²) in [6, 6.07) is 16.1. The average molecular weight is 342 g/mol. The predicted molar refractivity (Wildman–Crippen MR) is 95.8 cm³/mol. The first kappa shape index (κ1) is 16.7. The smallest absolute Gasteiger partial charge is 0.240 e. The highest BCUT2D eigenvalue weighted by molar-refractivity contribution is 6.31. The summed E-state index contributed by atoms with van der Waals surface area (Å²) in [7, 11) is 0. The summed E-state index contributed by atoms with van der Waals surface area (Å²) < 4.78 is 5.34. The zero-order valence-electron chi connectivity index (χ0n) is 13.8. The Bertz CT molecular complexity index is 798. The first-order valence-electron chi connectivity index (χ1n) is 8.07. The summed E-state index contributed by atoms with van der Waals surface area (Å²) in [5, 5.41) is 8.17. The number of rotatable bonds is 6. The summed E-state index contributed by atoms with van der Waals surface area (Å²) >= 11 is 6.22. The van der Waals surface area contributed by atoms with Crippen molar-refractivity contribution in [3.63, 3.8) is 0 Å². The highest BCUT2D eigenvalue weighted by Gasteiger charge is 2.12. The van der Waals surface area contributed by atoms with Crippen molar-refractivity contribution < 1.29 is 4.52 Å². The van der Waals surface area contributed by atoms with E-state index >= 15 is 0 Å². The van der Waals surface area contributed by atoms with Gasteiger partial charge in [0.2, 0.25) is 11.7 Å². The van der Waals surface area contributed by atoms with Crippen molar-refractivity contribution in [2.24, 2.45) is 0 Å². The van der Waals surface area contributed by atoms with Crippen LogP contribution in [-0.4, -0.2) is 10.1 Å². The molecule has 0 bridgehead atoms. The van der Waals surface area contributed by atoms with Gasteiger partial charge in [-0.15, -0.1) is 0 Å². The third-order valence-electron chi connectivity index (χ3n) is 4.02. The van der Waals surface area contributed by atoms with Crippen molar-refractivity contribution in [3.8, 4) is 11.4 Å². The van der Waals surface area contributed by atoms with Crippen LogP contribution in [0.5, 0.6) is 0 Å². The largest absolute Gasteiger partial charge is 0.338 e. The lowest BCUT2D eigenvalue weighted by Gasteiger charge is -2.13. The average Bonchev–Trinajstić information content (AvgIpc) is 3.09. The summed E-state index contributed by atoms with van der Waals surface area (Å²) in [6.07, 6.45) is 1.02. The van der Waals surface area contributed by atoms with Gasteiger partial charge in [-0.3, -0.25) is 0 Å². The van der Waals surface area contributed by atoms with E-state index in [0.29, 0.717) is 18.3 Å². The van der Waals surface area contributed by atoms with Gasteiger partial charge in [0.05, 0.1) is 6.54 Å². The van der Waals surface area contributed by atoms with Gasteiger partial charge in [0, 0.05) is 16.6 Å². The molecule has 0 amide bonds. The molecule has 0 aliphatic heterocycles. The van der Waals surface area contributed by atoms with Crippen LogP contribution in [0.15, 0.2) is 53.1 Å². The zero-order chi connectivity index (χ0) is 16.9. The lowest BCUT2D eigenvalue weighted by atomic mass is 10.1. The number of benzene rings is 2. The summed E-state index contributed by atoms with van der Waals surface area (Å²) in [5.41, 5.74) is 3.30. The summed E-state index contributed by atoms with van der Waals surface area (Å²) in [4.78, 5) is 4.45. The van der Waals surface area contributed by atoms with Gasteiger partial charge in [0.25, 0.3) is 0 Å². The van der Waals surface area contributed by atoms with Crippen LogP contribution in [0.3, 0.4) is 0 Å². The Morgan fingerprint density at radius 1 is 1.12 bits per heavy atom. The Kier molecular flexibility index (Phi) is 5.28. The Labute approximate surface area is 146 Å². The van der Waals surface area contributed by atoms with Crippen LogP contribution in [0.25, 0.3) is 11.4 Å². The van der Waals surface area contributed by atoms with E-state index in [1.165, 1.54) is 5.56 Å². The molecule has 0 saturated heterocycles. The molecule has 0 aliphatic rings. The van der Waals surface area contributed by atoms with Crippen LogP contribution in [0, 0.1) is 0 Å². The van der Waals surface area contributed by atoms with Crippen molar-refractivity contribution in [1.82, 2.24) is 15.5 Å². The Balaban J connectivity index is 1.64. The lowest BCUT2D eigenvalue weighted by Crippen LogP contribution is -2.18. The highest BCUT2D eigenvalue weighted by Crippen LogP contribution is 2.22. The quantitative estimate of drug-likeness (QED) is 0.699. The SMILES string of the molecule is CCc1ccc(-c2noc(CNC(C)c3ccccc3Cl)n2)cc1. The van der Waals surface area contributed by atoms with Crippen LogP contribution in [0.4, 0.5) is 0 Å². The molecule has 1 heterocycles. The van der Waals surface area contributed by atoms with Gasteiger partial charge in [0.1, 0.15) is 0 Å². The topological polar surface area (TPSA) is 51.0 Å². The van der Waals surface area contributed by atoms with E-state index in [0.717, 1.165) is 22.6 Å². The molecule has 0 aliphatic carbocycles. The van der Waals surface area contributed by atoms with Crippen molar-refractivity contribution in [2.45, 2.75) is 32.9 Å². The normalized spacial score (nSPS) is 12.3. The fraction of sp³-hybridized carbons (Fsp3) is 0.263. The van der Waals surface area contributed by atoms with E-state index < -0.39 is 0 Å². The molecule has 5 heteroatoms. The Morgan fingerprint density at radius 2 is 1.88 bits per heavy atom. The van der Waals surface area contributed by atoms with Gasteiger partial charge in [-0.1, -0.05) is 66.1 Å². The minimum Gasteiger partial charge on any atom is -0.338 e. The van der Waals surface area contributed by atoms with E-state index in [9.17, 15) is 0 Å². The number of nitrogens with zero attached hydrogens (tertiary/aromatic N) is 2. The number of hydrogen-bond acceptors (Lipinski definition) is 4. The number of nitrogens with one attached hydrogen (secondary N) is 1. The molecule has 4 nitrogen and oxygen atoms in total. The van der Waals surface area contributed by atoms with Crippen LogP contribution in [-0.2, 0) is 13.0 Å². The maximum absolute atomic E-state index is 6.22. The van der Waals surface area contributed by atoms with Crippen molar-refractivity contribution in [1.29, 1.82) is 0 Å². The Morgan fingerprint density at radius 3 is 2.58 bits per heavy atom. The molecule has 124 valence electrons. The molecule has 1 atom stereocenters. The molecular weight excluding hydrogens is 322 g/mol. The summed E-state index contributed by atoms with van der Waals surface area (Å²) in [6.45, 7) is 4.68. The second kappa shape index (κ2) is 7.60. The molecule has 0 spiro atoms. The molecule has 0 fully saturated rings. The third kappa shape index (κ3) is 3.83. The number of aryl methyl sites for hydroxylation is 1. The summed E-state index contributed by atoms with van der Waals surface area (Å²) in [5.74, 6) is 1.17. The second-order valence-electron chi connectivity index (χ2n) is 5.69. The third-order valence-corrected chi connectivity index (χ3v) is 4.36. The van der Waals surface area contributed by atoms with E-state index in [2.05, 4.69) is 41.4 Å². The van der Waals surface area contributed by atoms with Gasteiger partial charge in [-0.05, 0) is 30.5 Å². The Hall–Kier alpha value is -2.17. The first-order chi connectivity index (χ1) is 11.7. The highest BCUT2D eigenvalue weighted by atomic mass is 35.5. The molecule has 0 saturated carbocycles. The molecule has 2 aromatic carbocycles. The van der Waals surface area contributed by atoms with Gasteiger partial charge in [-0.2, -0.15) is 4.98 Å². The lowest BCUT2D eigenvalue weighted by molar-refractivity contribution is 0.360. The van der Waals surface area contributed by atoms with Crippen molar-refractivity contribution in [3.05, 3.63) is 70.6 Å². The molecule has 1 unspecified atom stereocenters. The monoisotopic (exact) mass is 341 g/mol. The fourth-order valence-electron chi connectivity index (χ4n) is 2.51. The number of halogens is 1. The van der Waals surface area contributed by atoms with Crippen LogP contribution >= 0.6 is 11.6 Å². The van der Waals surface area contributed by atoms with Crippen LogP contribution < -0.4 is 5.32 Å². The number of aromatic nitrogens is 2. The van der Waals surface area contributed by atoms with E-state index in [4.69, 9.17) is 16.1 Å². The van der Waals surface area contributed by atoms with E-state index in [1.807, 2.05) is 36.4 Å². The van der Waals surface area contributed by atoms with Crippen LogP contribution in [0.1, 0.15) is 36.9 Å². The number of hydrogen-bond donors (Lipinski definition) is 1.